The number of hydrogen-bond acceptors (Lipinski definition) is 6. The Kier molecular flexibility index (Phi) is 4.88. The lowest BCUT2D eigenvalue weighted by Crippen LogP contribution is -2.41. The van der Waals surface area contributed by atoms with E-state index in [9.17, 15) is 13.2 Å². The molecule has 0 spiro atoms. The van der Waals surface area contributed by atoms with Crippen LogP contribution in [-0.4, -0.2) is 68.3 Å². The van der Waals surface area contributed by atoms with E-state index >= 15 is 0 Å². The quantitative estimate of drug-likeness (QED) is 0.546. The first-order valence-corrected chi connectivity index (χ1v) is 10.2. The third-order valence-electron chi connectivity index (χ3n) is 4.43. The van der Waals surface area contributed by atoms with Crippen molar-refractivity contribution < 1.29 is 22.7 Å². The van der Waals surface area contributed by atoms with Crippen LogP contribution in [-0.2, 0) is 19.4 Å². The van der Waals surface area contributed by atoms with Gasteiger partial charge in [0.2, 0.25) is 0 Å². The van der Waals surface area contributed by atoms with Crippen LogP contribution in [0.1, 0.15) is 6.92 Å². The standard InChI is InChI=1S/C16H20N2O5S2/c1-3-23-15(19)8-17-12-9-25(20,21)10-13(12)18(16(17)24)11-6-4-5-7-14(11)22-2/h4-7,12-13H,3,8-10H2,1-2H3/t12-,13+/m1/s1. The number of ether oxygens (including phenoxy) is 2. The van der Waals surface area contributed by atoms with Gasteiger partial charge in [-0.05, 0) is 31.3 Å². The van der Waals surface area contributed by atoms with E-state index in [1.54, 1.807) is 29.9 Å². The van der Waals surface area contributed by atoms with E-state index < -0.39 is 15.8 Å². The summed E-state index contributed by atoms with van der Waals surface area (Å²) in [4.78, 5) is 15.4. The van der Waals surface area contributed by atoms with Gasteiger partial charge in [-0.25, -0.2) is 8.42 Å². The van der Waals surface area contributed by atoms with E-state index in [-0.39, 0.29) is 36.7 Å². The van der Waals surface area contributed by atoms with Crippen LogP contribution in [0.5, 0.6) is 5.75 Å². The zero-order valence-electron chi connectivity index (χ0n) is 14.0. The summed E-state index contributed by atoms with van der Waals surface area (Å²) in [5.41, 5.74) is 0.702. The third kappa shape index (κ3) is 3.30. The third-order valence-corrected chi connectivity index (χ3v) is 6.56. The molecule has 25 heavy (non-hydrogen) atoms. The molecule has 1 aromatic carbocycles. The fourth-order valence-electron chi connectivity index (χ4n) is 3.42. The van der Waals surface area contributed by atoms with Gasteiger partial charge in [0.15, 0.2) is 14.9 Å². The number of para-hydroxylation sites is 2. The number of anilines is 1. The molecule has 136 valence electrons. The molecule has 3 rings (SSSR count). The number of fused-ring (bicyclic) bond motifs is 1. The first-order chi connectivity index (χ1) is 11.9. The molecular formula is C16H20N2O5S2. The van der Waals surface area contributed by atoms with Gasteiger partial charge < -0.3 is 19.3 Å². The highest BCUT2D eigenvalue weighted by atomic mass is 32.2. The van der Waals surface area contributed by atoms with Crippen molar-refractivity contribution in [2.75, 3.05) is 36.7 Å². The lowest BCUT2D eigenvalue weighted by atomic mass is 10.1. The number of esters is 1. The number of benzene rings is 1. The smallest absolute Gasteiger partial charge is 0.325 e. The predicted molar refractivity (Wildman–Crippen MR) is 97.6 cm³/mol. The van der Waals surface area contributed by atoms with Crippen LogP contribution in [0.4, 0.5) is 5.69 Å². The van der Waals surface area contributed by atoms with Crippen molar-refractivity contribution in [1.82, 2.24) is 4.90 Å². The summed E-state index contributed by atoms with van der Waals surface area (Å²) in [5.74, 6) is 0.151. The molecule has 2 heterocycles. The minimum absolute atomic E-state index is 0.00478. The molecule has 2 aliphatic rings. The monoisotopic (exact) mass is 384 g/mol. The zero-order chi connectivity index (χ0) is 18.2. The molecule has 2 fully saturated rings. The lowest BCUT2D eigenvalue weighted by molar-refractivity contribution is -0.143. The average molecular weight is 384 g/mol. The number of sulfone groups is 1. The number of rotatable bonds is 5. The highest BCUT2D eigenvalue weighted by Gasteiger charge is 2.53. The summed E-state index contributed by atoms with van der Waals surface area (Å²) >= 11 is 5.58. The Labute approximate surface area is 152 Å². The molecule has 0 amide bonds. The molecule has 0 aromatic heterocycles. The van der Waals surface area contributed by atoms with Crippen molar-refractivity contribution in [3.05, 3.63) is 24.3 Å². The van der Waals surface area contributed by atoms with Gasteiger partial charge in [-0.3, -0.25) is 4.79 Å². The van der Waals surface area contributed by atoms with E-state index in [1.165, 1.54) is 0 Å². The fourth-order valence-corrected chi connectivity index (χ4v) is 5.80. The maximum absolute atomic E-state index is 12.2. The Balaban J connectivity index is 1.98. The van der Waals surface area contributed by atoms with E-state index in [4.69, 9.17) is 21.7 Å². The molecule has 0 aliphatic carbocycles. The summed E-state index contributed by atoms with van der Waals surface area (Å²) < 4.78 is 34.8. The van der Waals surface area contributed by atoms with Crippen LogP contribution in [0.3, 0.4) is 0 Å². The van der Waals surface area contributed by atoms with Gasteiger partial charge in [0.25, 0.3) is 0 Å². The first kappa shape index (κ1) is 17.9. The van der Waals surface area contributed by atoms with Gasteiger partial charge in [0.05, 0.1) is 43.0 Å². The topological polar surface area (TPSA) is 76.2 Å². The summed E-state index contributed by atoms with van der Waals surface area (Å²) in [6.45, 7) is 1.93. The highest BCUT2D eigenvalue weighted by Crippen LogP contribution is 2.39. The minimum Gasteiger partial charge on any atom is -0.495 e. The zero-order valence-corrected chi connectivity index (χ0v) is 15.7. The second-order valence-corrected chi connectivity index (χ2v) is 8.49. The predicted octanol–water partition coefficient (Wildman–Crippen LogP) is 0.831. The minimum atomic E-state index is -3.21. The molecule has 2 atom stereocenters. The maximum Gasteiger partial charge on any atom is 0.325 e. The molecule has 2 aliphatic heterocycles. The SMILES string of the molecule is CCOC(=O)CN1C(=S)N(c2ccccc2OC)[C@H]2CS(=O)(=O)C[C@H]21. The Bertz CT molecular complexity index is 795. The summed E-state index contributed by atoms with van der Waals surface area (Å²) in [7, 11) is -1.65. The number of carbonyl (C=O) groups excluding carboxylic acids is 1. The Hall–Kier alpha value is -1.87. The fraction of sp³-hybridized carbons (Fsp3) is 0.500. The maximum atomic E-state index is 12.2. The lowest BCUT2D eigenvalue weighted by Gasteiger charge is -2.26. The van der Waals surface area contributed by atoms with Crippen LogP contribution in [0.25, 0.3) is 0 Å². The van der Waals surface area contributed by atoms with Gasteiger partial charge in [0, 0.05) is 0 Å². The van der Waals surface area contributed by atoms with Crippen molar-refractivity contribution in [2.24, 2.45) is 0 Å². The van der Waals surface area contributed by atoms with Gasteiger partial charge in [-0.15, -0.1) is 0 Å². The Morgan fingerprint density at radius 1 is 1.28 bits per heavy atom. The average Bonchev–Trinajstić information content (AvgIpc) is 2.99. The van der Waals surface area contributed by atoms with Gasteiger partial charge in [-0.2, -0.15) is 0 Å². The molecule has 7 nitrogen and oxygen atoms in total. The van der Waals surface area contributed by atoms with E-state index in [0.717, 1.165) is 0 Å². The number of carbonyl (C=O) groups is 1. The number of nitrogens with zero attached hydrogens (tertiary/aromatic N) is 2. The Morgan fingerprint density at radius 3 is 2.64 bits per heavy atom. The van der Waals surface area contributed by atoms with Gasteiger partial charge in [0.1, 0.15) is 12.3 Å². The molecule has 2 saturated heterocycles. The second-order valence-electron chi connectivity index (χ2n) is 5.97. The summed E-state index contributed by atoms with van der Waals surface area (Å²) in [5, 5.41) is 0.419. The molecular weight excluding hydrogens is 364 g/mol. The van der Waals surface area contributed by atoms with Crippen LogP contribution in [0, 0.1) is 0 Å². The van der Waals surface area contributed by atoms with Gasteiger partial charge >= 0.3 is 5.97 Å². The van der Waals surface area contributed by atoms with Crippen LogP contribution >= 0.6 is 12.2 Å². The molecule has 9 heteroatoms. The number of methoxy groups -OCH3 is 1. The van der Waals surface area contributed by atoms with Crippen molar-refractivity contribution in [1.29, 1.82) is 0 Å². The molecule has 0 radical (unpaired) electrons. The first-order valence-electron chi connectivity index (χ1n) is 7.97. The number of hydrogen-bond donors (Lipinski definition) is 0. The van der Waals surface area contributed by atoms with Gasteiger partial charge in [-0.1, -0.05) is 12.1 Å². The Morgan fingerprint density at radius 2 is 1.96 bits per heavy atom. The highest BCUT2D eigenvalue weighted by molar-refractivity contribution is 7.91. The van der Waals surface area contributed by atoms with Crippen LogP contribution in [0.15, 0.2) is 24.3 Å². The summed E-state index contributed by atoms with van der Waals surface area (Å²) in [6.07, 6.45) is 0. The largest absolute Gasteiger partial charge is 0.495 e. The summed E-state index contributed by atoms with van der Waals surface area (Å²) in [6, 6.07) is 6.59. The van der Waals surface area contributed by atoms with Crippen LogP contribution in [0.2, 0.25) is 0 Å². The van der Waals surface area contributed by atoms with E-state index in [0.29, 0.717) is 16.5 Å². The van der Waals surface area contributed by atoms with Crippen LogP contribution < -0.4 is 9.64 Å². The van der Waals surface area contributed by atoms with Crippen molar-refractivity contribution >= 4 is 38.8 Å². The molecule has 0 saturated carbocycles. The molecule has 0 unspecified atom stereocenters. The van der Waals surface area contributed by atoms with Crippen molar-refractivity contribution in [2.45, 2.75) is 19.0 Å². The van der Waals surface area contributed by atoms with Crippen molar-refractivity contribution in [3.63, 3.8) is 0 Å². The molecule has 0 bridgehead atoms. The second kappa shape index (κ2) is 6.80. The van der Waals surface area contributed by atoms with E-state index in [2.05, 4.69) is 0 Å². The number of thiocarbonyl (C=S) groups is 1. The van der Waals surface area contributed by atoms with Crippen molar-refractivity contribution in [3.8, 4) is 5.75 Å². The normalized spacial score (nSPS) is 24.3. The molecule has 0 N–H and O–H groups in total. The van der Waals surface area contributed by atoms with E-state index in [1.807, 2.05) is 18.2 Å². The molecule has 1 aromatic rings.